The van der Waals surface area contributed by atoms with Crippen molar-refractivity contribution in [1.29, 1.82) is 0 Å². The van der Waals surface area contributed by atoms with Gasteiger partial charge in [0.2, 0.25) is 0 Å². The molecule has 0 spiro atoms. The molecular weight excluding hydrogens is 266 g/mol. The van der Waals surface area contributed by atoms with Crippen LogP contribution in [0.5, 0.6) is 0 Å². The Kier molecular flexibility index (Phi) is 4.56. The van der Waals surface area contributed by atoms with Gasteiger partial charge in [0.15, 0.2) is 0 Å². The van der Waals surface area contributed by atoms with E-state index in [9.17, 15) is 0 Å². The predicted molar refractivity (Wildman–Crippen MR) is 71.2 cm³/mol. The molecule has 16 heavy (non-hydrogen) atoms. The Morgan fingerprint density at radius 3 is 2.25 bits per heavy atom. The van der Waals surface area contributed by atoms with Gasteiger partial charge >= 0.3 is 0 Å². The van der Waals surface area contributed by atoms with Crippen molar-refractivity contribution < 1.29 is 0 Å². The Morgan fingerprint density at radius 2 is 1.81 bits per heavy atom. The van der Waals surface area contributed by atoms with Crippen molar-refractivity contribution >= 4 is 15.9 Å². The maximum absolute atomic E-state index is 6.33. The lowest BCUT2D eigenvalue weighted by Crippen LogP contribution is -2.26. The van der Waals surface area contributed by atoms with E-state index in [-0.39, 0.29) is 6.04 Å². The highest BCUT2D eigenvalue weighted by Gasteiger charge is 2.24. The molecule has 1 rings (SSSR count). The molecule has 0 radical (unpaired) electrons. The standard InChI is InChI=1S/C12H22BrN3/c1-7(2)9(5)11(14)12-10(13)6-15-16(12)8(3)4/h6-9,11H,14H2,1-5H3. The highest BCUT2D eigenvalue weighted by atomic mass is 79.9. The van der Waals surface area contributed by atoms with Crippen LogP contribution in [0.25, 0.3) is 0 Å². The lowest BCUT2D eigenvalue weighted by Gasteiger charge is -2.25. The third-order valence-corrected chi connectivity index (χ3v) is 3.82. The third-order valence-electron chi connectivity index (χ3n) is 3.21. The van der Waals surface area contributed by atoms with E-state index >= 15 is 0 Å². The molecule has 4 heteroatoms. The van der Waals surface area contributed by atoms with Gasteiger partial charge in [-0.05, 0) is 41.6 Å². The van der Waals surface area contributed by atoms with Crippen molar-refractivity contribution in [2.24, 2.45) is 17.6 Å². The second-order valence-electron chi connectivity index (χ2n) is 5.04. The zero-order valence-corrected chi connectivity index (χ0v) is 12.3. The van der Waals surface area contributed by atoms with Crippen molar-refractivity contribution in [3.63, 3.8) is 0 Å². The Hall–Kier alpha value is -0.350. The molecule has 0 aliphatic rings. The summed E-state index contributed by atoms with van der Waals surface area (Å²) in [5.74, 6) is 1.00. The summed E-state index contributed by atoms with van der Waals surface area (Å²) in [5.41, 5.74) is 7.44. The molecule has 2 unspecified atom stereocenters. The van der Waals surface area contributed by atoms with Crippen LogP contribution in [0.4, 0.5) is 0 Å². The van der Waals surface area contributed by atoms with Crippen LogP contribution in [0.3, 0.4) is 0 Å². The molecule has 2 N–H and O–H groups in total. The van der Waals surface area contributed by atoms with Crippen LogP contribution < -0.4 is 5.73 Å². The minimum Gasteiger partial charge on any atom is -0.322 e. The van der Waals surface area contributed by atoms with Crippen LogP contribution in [0, 0.1) is 11.8 Å². The van der Waals surface area contributed by atoms with Crippen LogP contribution >= 0.6 is 15.9 Å². The number of halogens is 1. The molecule has 0 aromatic carbocycles. The van der Waals surface area contributed by atoms with E-state index in [1.54, 1.807) is 0 Å². The molecule has 0 bridgehead atoms. The predicted octanol–water partition coefficient (Wildman–Crippen LogP) is 3.52. The smallest absolute Gasteiger partial charge is 0.0699 e. The molecule has 0 saturated carbocycles. The quantitative estimate of drug-likeness (QED) is 0.921. The molecule has 0 aliphatic heterocycles. The molecule has 0 aliphatic carbocycles. The fourth-order valence-electron chi connectivity index (χ4n) is 1.74. The largest absolute Gasteiger partial charge is 0.322 e. The minimum absolute atomic E-state index is 0.0271. The summed E-state index contributed by atoms with van der Waals surface area (Å²) in [6.45, 7) is 10.8. The van der Waals surface area contributed by atoms with Gasteiger partial charge in [-0.25, -0.2) is 0 Å². The van der Waals surface area contributed by atoms with Crippen LogP contribution in [-0.4, -0.2) is 9.78 Å². The van der Waals surface area contributed by atoms with E-state index in [0.717, 1.165) is 10.2 Å². The molecule has 0 fully saturated rings. The van der Waals surface area contributed by atoms with Crippen LogP contribution in [0.15, 0.2) is 10.7 Å². The van der Waals surface area contributed by atoms with Gasteiger partial charge in [0.25, 0.3) is 0 Å². The third kappa shape index (κ3) is 2.66. The number of hydrogen-bond acceptors (Lipinski definition) is 2. The lowest BCUT2D eigenvalue weighted by atomic mass is 9.89. The Labute approximate surface area is 107 Å². The lowest BCUT2D eigenvalue weighted by molar-refractivity contribution is 0.330. The van der Waals surface area contributed by atoms with Crippen LogP contribution in [0.2, 0.25) is 0 Å². The van der Waals surface area contributed by atoms with Gasteiger partial charge in [0.05, 0.1) is 22.4 Å². The van der Waals surface area contributed by atoms with Gasteiger partial charge in [-0.3, -0.25) is 4.68 Å². The summed E-state index contributed by atoms with van der Waals surface area (Å²) < 4.78 is 3.02. The normalized spacial score (nSPS) is 15.8. The number of rotatable bonds is 4. The van der Waals surface area contributed by atoms with E-state index in [2.05, 4.69) is 55.6 Å². The number of hydrogen-bond donors (Lipinski definition) is 1. The summed E-state index contributed by atoms with van der Waals surface area (Å²) in [6.07, 6.45) is 1.84. The Balaban J connectivity index is 3.06. The molecule has 1 heterocycles. The molecule has 3 nitrogen and oxygen atoms in total. The maximum atomic E-state index is 6.33. The van der Waals surface area contributed by atoms with Gasteiger partial charge in [0, 0.05) is 6.04 Å². The summed E-state index contributed by atoms with van der Waals surface area (Å²) in [6, 6.07) is 0.367. The molecule has 92 valence electrons. The van der Waals surface area contributed by atoms with Gasteiger partial charge in [-0.2, -0.15) is 5.10 Å². The van der Waals surface area contributed by atoms with E-state index in [4.69, 9.17) is 5.73 Å². The SMILES string of the molecule is CC(C)C(C)C(N)c1c(Br)cnn1C(C)C. The van der Waals surface area contributed by atoms with E-state index < -0.39 is 0 Å². The Morgan fingerprint density at radius 1 is 1.25 bits per heavy atom. The molecule has 0 saturated heterocycles. The van der Waals surface area contributed by atoms with Gasteiger partial charge < -0.3 is 5.73 Å². The summed E-state index contributed by atoms with van der Waals surface area (Å²) in [7, 11) is 0. The summed E-state index contributed by atoms with van der Waals surface area (Å²) in [4.78, 5) is 0. The molecule has 1 aromatic rings. The number of aromatic nitrogens is 2. The first-order chi connectivity index (χ1) is 7.36. The molecular formula is C12H22BrN3. The van der Waals surface area contributed by atoms with Crippen molar-refractivity contribution in [1.82, 2.24) is 9.78 Å². The topological polar surface area (TPSA) is 43.8 Å². The van der Waals surface area contributed by atoms with Crippen LogP contribution in [-0.2, 0) is 0 Å². The number of nitrogens with zero attached hydrogens (tertiary/aromatic N) is 2. The zero-order chi connectivity index (χ0) is 12.5. The first-order valence-corrected chi connectivity index (χ1v) is 6.64. The monoisotopic (exact) mass is 287 g/mol. The van der Waals surface area contributed by atoms with Crippen molar-refractivity contribution in [3.05, 3.63) is 16.4 Å². The fourth-order valence-corrected chi connectivity index (χ4v) is 2.28. The Bertz CT molecular complexity index is 344. The van der Waals surface area contributed by atoms with Gasteiger partial charge in [-0.15, -0.1) is 0 Å². The minimum atomic E-state index is 0.0271. The first-order valence-electron chi connectivity index (χ1n) is 5.84. The summed E-state index contributed by atoms with van der Waals surface area (Å²) in [5, 5.41) is 4.37. The molecule has 1 aromatic heterocycles. The van der Waals surface area contributed by atoms with Gasteiger partial charge in [0.1, 0.15) is 0 Å². The van der Waals surface area contributed by atoms with E-state index in [0.29, 0.717) is 17.9 Å². The summed E-state index contributed by atoms with van der Waals surface area (Å²) >= 11 is 3.54. The van der Waals surface area contributed by atoms with E-state index in [1.165, 1.54) is 0 Å². The molecule has 0 amide bonds. The van der Waals surface area contributed by atoms with Crippen LogP contribution in [0.1, 0.15) is 52.4 Å². The zero-order valence-electron chi connectivity index (χ0n) is 10.7. The fraction of sp³-hybridized carbons (Fsp3) is 0.750. The highest BCUT2D eigenvalue weighted by molar-refractivity contribution is 9.10. The second kappa shape index (κ2) is 5.32. The average Bonchev–Trinajstić information content (AvgIpc) is 2.57. The maximum Gasteiger partial charge on any atom is 0.0699 e. The van der Waals surface area contributed by atoms with Crippen molar-refractivity contribution in [3.8, 4) is 0 Å². The van der Waals surface area contributed by atoms with Crippen molar-refractivity contribution in [2.45, 2.75) is 46.7 Å². The van der Waals surface area contributed by atoms with Crippen molar-refractivity contribution in [2.75, 3.05) is 0 Å². The second-order valence-corrected chi connectivity index (χ2v) is 5.90. The highest BCUT2D eigenvalue weighted by Crippen LogP contribution is 2.31. The first kappa shape index (κ1) is 13.7. The van der Waals surface area contributed by atoms with Gasteiger partial charge in [-0.1, -0.05) is 20.8 Å². The average molecular weight is 288 g/mol. The number of nitrogens with two attached hydrogens (primary N) is 1. The van der Waals surface area contributed by atoms with E-state index in [1.807, 2.05) is 10.9 Å². The molecule has 2 atom stereocenters.